The third-order valence-electron chi connectivity index (χ3n) is 5.13. The van der Waals surface area contributed by atoms with Gasteiger partial charge < -0.3 is 4.74 Å². The first-order chi connectivity index (χ1) is 9.63. The lowest BCUT2D eigenvalue weighted by atomic mass is 9.61. The molecular formula is C16H21F2NO. The summed E-state index contributed by atoms with van der Waals surface area (Å²) in [6.45, 7) is 2.51. The normalized spacial score (nSPS) is 25.6. The first-order valence-electron chi connectivity index (χ1n) is 7.32. The maximum Gasteiger partial charge on any atom is 0.130 e. The van der Waals surface area contributed by atoms with Gasteiger partial charge in [0.05, 0.1) is 6.10 Å². The van der Waals surface area contributed by atoms with Crippen molar-refractivity contribution in [2.75, 3.05) is 20.2 Å². The van der Waals surface area contributed by atoms with Crippen molar-refractivity contribution < 1.29 is 13.5 Å². The Balaban J connectivity index is 1.59. The first-order valence-corrected chi connectivity index (χ1v) is 7.32. The molecule has 0 bridgehead atoms. The summed E-state index contributed by atoms with van der Waals surface area (Å²) >= 11 is 0. The fourth-order valence-corrected chi connectivity index (χ4v) is 3.66. The number of hydrogen-bond donors (Lipinski definition) is 0. The molecule has 1 aliphatic carbocycles. The van der Waals surface area contributed by atoms with Crippen LogP contribution in [0.1, 0.15) is 31.2 Å². The van der Waals surface area contributed by atoms with Gasteiger partial charge in [-0.2, -0.15) is 0 Å². The number of rotatable bonds is 3. The standard InChI is InChI=1S/C16H21F2NO/c1-20-15-4-5-16(15)6-8-19(9-7-16)11-12-2-3-13(17)10-14(12)18/h2-3,10,15H,4-9,11H2,1H3. The first kappa shape index (κ1) is 14.0. The predicted molar refractivity (Wildman–Crippen MR) is 73.3 cm³/mol. The zero-order valence-electron chi connectivity index (χ0n) is 11.9. The zero-order valence-corrected chi connectivity index (χ0v) is 11.9. The molecule has 0 aromatic heterocycles. The van der Waals surface area contributed by atoms with Crippen molar-refractivity contribution >= 4 is 0 Å². The molecular weight excluding hydrogens is 260 g/mol. The van der Waals surface area contributed by atoms with Crippen LogP contribution < -0.4 is 0 Å². The number of benzene rings is 1. The Morgan fingerprint density at radius 1 is 1.25 bits per heavy atom. The summed E-state index contributed by atoms with van der Waals surface area (Å²) < 4.78 is 32.1. The Hall–Kier alpha value is -1.00. The number of hydrogen-bond acceptors (Lipinski definition) is 2. The molecule has 0 N–H and O–H groups in total. The monoisotopic (exact) mass is 281 g/mol. The minimum atomic E-state index is -0.513. The Kier molecular flexibility index (Phi) is 3.78. The highest BCUT2D eigenvalue weighted by molar-refractivity contribution is 5.18. The van der Waals surface area contributed by atoms with Gasteiger partial charge in [0.15, 0.2) is 0 Å². The second kappa shape index (κ2) is 5.41. The van der Waals surface area contributed by atoms with Crippen LogP contribution in [0.15, 0.2) is 18.2 Å². The van der Waals surface area contributed by atoms with E-state index < -0.39 is 11.6 Å². The summed E-state index contributed by atoms with van der Waals surface area (Å²) in [4.78, 5) is 2.26. The van der Waals surface area contributed by atoms with Crippen LogP contribution in [-0.2, 0) is 11.3 Å². The molecule has 2 nitrogen and oxygen atoms in total. The number of nitrogens with zero attached hydrogens (tertiary/aromatic N) is 1. The van der Waals surface area contributed by atoms with Crippen molar-refractivity contribution in [1.29, 1.82) is 0 Å². The predicted octanol–water partition coefficient (Wildman–Crippen LogP) is 3.36. The number of halogens is 2. The van der Waals surface area contributed by atoms with E-state index in [0.29, 0.717) is 23.6 Å². The van der Waals surface area contributed by atoms with E-state index >= 15 is 0 Å². The van der Waals surface area contributed by atoms with Crippen LogP contribution in [0.25, 0.3) is 0 Å². The lowest BCUT2D eigenvalue weighted by molar-refractivity contribution is -0.120. The molecule has 1 aromatic carbocycles. The van der Waals surface area contributed by atoms with Gasteiger partial charge in [-0.25, -0.2) is 8.78 Å². The van der Waals surface area contributed by atoms with Crippen LogP contribution in [0.5, 0.6) is 0 Å². The fraction of sp³-hybridized carbons (Fsp3) is 0.625. The van der Waals surface area contributed by atoms with Crippen LogP contribution in [0.4, 0.5) is 8.78 Å². The summed E-state index contributed by atoms with van der Waals surface area (Å²) in [7, 11) is 1.80. The van der Waals surface area contributed by atoms with Crippen molar-refractivity contribution in [1.82, 2.24) is 4.90 Å². The number of likely N-dealkylation sites (tertiary alicyclic amines) is 1. The summed E-state index contributed by atoms with van der Waals surface area (Å²) in [5, 5.41) is 0. The van der Waals surface area contributed by atoms with Crippen LogP contribution in [-0.4, -0.2) is 31.2 Å². The number of piperidine rings is 1. The minimum absolute atomic E-state index is 0.368. The molecule has 1 atom stereocenters. The Morgan fingerprint density at radius 2 is 2.00 bits per heavy atom. The van der Waals surface area contributed by atoms with Crippen molar-refractivity contribution in [3.8, 4) is 0 Å². The maximum absolute atomic E-state index is 13.7. The SMILES string of the molecule is COC1CCC12CCN(Cc1ccc(F)cc1F)CC2. The molecule has 1 saturated heterocycles. The lowest BCUT2D eigenvalue weighted by Crippen LogP contribution is -2.52. The van der Waals surface area contributed by atoms with Gasteiger partial charge >= 0.3 is 0 Å². The highest BCUT2D eigenvalue weighted by Gasteiger charge is 2.48. The molecule has 1 heterocycles. The molecule has 20 heavy (non-hydrogen) atoms. The molecule has 1 aromatic rings. The highest BCUT2D eigenvalue weighted by atomic mass is 19.1. The second-order valence-corrected chi connectivity index (χ2v) is 6.14. The fourth-order valence-electron chi connectivity index (χ4n) is 3.66. The van der Waals surface area contributed by atoms with E-state index in [1.807, 2.05) is 0 Å². The van der Waals surface area contributed by atoms with Crippen molar-refractivity contribution in [3.05, 3.63) is 35.4 Å². The van der Waals surface area contributed by atoms with Crippen LogP contribution in [0.2, 0.25) is 0 Å². The highest BCUT2D eigenvalue weighted by Crippen LogP contribution is 2.50. The van der Waals surface area contributed by atoms with Crippen LogP contribution >= 0.6 is 0 Å². The average molecular weight is 281 g/mol. The molecule has 1 spiro atoms. The van der Waals surface area contributed by atoms with Gasteiger partial charge in [0.25, 0.3) is 0 Å². The summed E-state index contributed by atoms with van der Waals surface area (Å²) in [5.41, 5.74) is 0.950. The van der Waals surface area contributed by atoms with E-state index in [4.69, 9.17) is 4.74 Å². The second-order valence-electron chi connectivity index (χ2n) is 6.14. The molecule has 1 unspecified atom stereocenters. The topological polar surface area (TPSA) is 12.5 Å². The van der Waals surface area contributed by atoms with Crippen molar-refractivity contribution in [2.45, 2.75) is 38.3 Å². The van der Waals surface area contributed by atoms with Crippen molar-refractivity contribution in [3.63, 3.8) is 0 Å². The largest absolute Gasteiger partial charge is 0.381 e. The molecule has 1 aliphatic heterocycles. The third-order valence-corrected chi connectivity index (χ3v) is 5.13. The van der Waals surface area contributed by atoms with E-state index in [2.05, 4.69) is 4.90 Å². The van der Waals surface area contributed by atoms with Crippen LogP contribution in [0.3, 0.4) is 0 Å². The van der Waals surface area contributed by atoms with Gasteiger partial charge in [0.2, 0.25) is 0 Å². The van der Waals surface area contributed by atoms with E-state index in [1.165, 1.54) is 18.9 Å². The van der Waals surface area contributed by atoms with Gasteiger partial charge in [0.1, 0.15) is 11.6 Å². The van der Waals surface area contributed by atoms with E-state index in [1.54, 1.807) is 13.2 Å². The third kappa shape index (κ3) is 2.47. The minimum Gasteiger partial charge on any atom is -0.381 e. The maximum atomic E-state index is 13.7. The van der Waals surface area contributed by atoms with Gasteiger partial charge in [-0.3, -0.25) is 4.90 Å². The smallest absolute Gasteiger partial charge is 0.130 e. The van der Waals surface area contributed by atoms with Gasteiger partial charge in [0, 0.05) is 25.3 Å². The molecule has 0 amide bonds. The van der Waals surface area contributed by atoms with Crippen molar-refractivity contribution in [2.24, 2.45) is 5.41 Å². The van der Waals surface area contributed by atoms with E-state index in [9.17, 15) is 8.78 Å². The van der Waals surface area contributed by atoms with Gasteiger partial charge in [-0.05, 0) is 50.3 Å². The summed E-state index contributed by atoms with van der Waals surface area (Å²) in [5.74, 6) is -0.954. The zero-order chi connectivity index (χ0) is 14.2. The average Bonchev–Trinajstić information content (AvgIpc) is 2.42. The number of ether oxygens (including phenoxy) is 1. The summed E-state index contributed by atoms with van der Waals surface area (Å²) in [6, 6.07) is 3.85. The van der Waals surface area contributed by atoms with Gasteiger partial charge in [-0.1, -0.05) is 6.07 Å². The Labute approximate surface area is 118 Å². The molecule has 0 radical (unpaired) electrons. The Bertz CT molecular complexity index is 481. The van der Waals surface area contributed by atoms with E-state index in [0.717, 1.165) is 32.0 Å². The molecule has 110 valence electrons. The van der Waals surface area contributed by atoms with E-state index in [-0.39, 0.29) is 0 Å². The number of methoxy groups -OCH3 is 1. The molecule has 4 heteroatoms. The van der Waals surface area contributed by atoms with Gasteiger partial charge in [-0.15, -0.1) is 0 Å². The molecule has 2 aliphatic rings. The van der Waals surface area contributed by atoms with Crippen LogP contribution in [0, 0.1) is 17.0 Å². The lowest BCUT2D eigenvalue weighted by Gasteiger charge is -2.53. The molecule has 1 saturated carbocycles. The Morgan fingerprint density at radius 3 is 2.55 bits per heavy atom. The molecule has 2 fully saturated rings. The molecule has 3 rings (SSSR count). The summed E-state index contributed by atoms with van der Waals surface area (Å²) in [6.07, 6.45) is 5.07. The quantitative estimate of drug-likeness (QED) is 0.842.